The molecule has 31 heavy (non-hydrogen) atoms. The number of urea groups is 1. The van der Waals surface area contributed by atoms with Gasteiger partial charge in [-0.2, -0.15) is 0 Å². The molecule has 1 fully saturated rings. The largest absolute Gasteiger partial charge is 0.324 e. The van der Waals surface area contributed by atoms with Gasteiger partial charge in [0.05, 0.1) is 17.3 Å². The first-order valence-electron chi connectivity index (χ1n) is 10.4. The number of anilines is 2. The van der Waals surface area contributed by atoms with Gasteiger partial charge in [0.2, 0.25) is 5.91 Å². The zero-order chi connectivity index (χ0) is 21.6. The van der Waals surface area contributed by atoms with Crippen molar-refractivity contribution in [3.05, 3.63) is 71.8 Å². The van der Waals surface area contributed by atoms with Gasteiger partial charge in [0, 0.05) is 31.9 Å². The molecule has 3 aromatic carbocycles. The summed E-state index contributed by atoms with van der Waals surface area (Å²) in [7, 11) is 0. The molecule has 1 aliphatic heterocycles. The van der Waals surface area contributed by atoms with E-state index in [0.29, 0.717) is 30.3 Å². The van der Waals surface area contributed by atoms with Crippen molar-refractivity contribution in [2.75, 3.05) is 43.4 Å². The van der Waals surface area contributed by atoms with Gasteiger partial charge in [0.1, 0.15) is 0 Å². The molecule has 0 atom stereocenters. The van der Waals surface area contributed by atoms with Crippen LogP contribution in [0.3, 0.4) is 0 Å². The van der Waals surface area contributed by atoms with Crippen LogP contribution >= 0.6 is 11.6 Å². The Labute approximate surface area is 186 Å². The predicted molar refractivity (Wildman–Crippen MR) is 126 cm³/mol. The maximum Gasteiger partial charge on any atom is 0.321 e. The maximum absolute atomic E-state index is 12.8. The minimum atomic E-state index is -0.113. The number of benzene rings is 3. The quantitative estimate of drug-likeness (QED) is 0.624. The SMILES string of the molecule is O=C(CN1CCCN(C(=O)Nc2ccc3ccccc3c2)CC1)Nc1ccccc1Cl. The minimum Gasteiger partial charge on any atom is -0.324 e. The number of carbonyl (C=O) groups excluding carboxylic acids is 2. The molecule has 0 aromatic heterocycles. The lowest BCUT2D eigenvalue weighted by Gasteiger charge is -2.22. The molecule has 0 unspecified atom stereocenters. The zero-order valence-corrected chi connectivity index (χ0v) is 17.9. The van der Waals surface area contributed by atoms with Gasteiger partial charge < -0.3 is 15.5 Å². The summed E-state index contributed by atoms with van der Waals surface area (Å²) in [5.74, 6) is -0.109. The third-order valence-corrected chi connectivity index (χ3v) is 5.72. The van der Waals surface area contributed by atoms with Crippen molar-refractivity contribution in [3.8, 4) is 0 Å². The summed E-state index contributed by atoms with van der Waals surface area (Å²) < 4.78 is 0. The zero-order valence-electron chi connectivity index (χ0n) is 17.2. The molecule has 0 bridgehead atoms. The van der Waals surface area contributed by atoms with Gasteiger partial charge in [-0.15, -0.1) is 0 Å². The molecule has 1 saturated heterocycles. The highest BCUT2D eigenvalue weighted by Crippen LogP contribution is 2.21. The van der Waals surface area contributed by atoms with Crippen LogP contribution in [-0.2, 0) is 4.79 Å². The van der Waals surface area contributed by atoms with Gasteiger partial charge >= 0.3 is 6.03 Å². The molecule has 2 N–H and O–H groups in total. The molecule has 0 spiro atoms. The normalized spacial score (nSPS) is 14.8. The van der Waals surface area contributed by atoms with Gasteiger partial charge in [-0.3, -0.25) is 9.69 Å². The van der Waals surface area contributed by atoms with Crippen LogP contribution in [0, 0.1) is 0 Å². The van der Waals surface area contributed by atoms with Crippen molar-refractivity contribution >= 4 is 45.7 Å². The highest BCUT2D eigenvalue weighted by atomic mass is 35.5. The average molecular weight is 437 g/mol. The lowest BCUT2D eigenvalue weighted by molar-refractivity contribution is -0.117. The summed E-state index contributed by atoms with van der Waals surface area (Å²) >= 11 is 6.11. The molecule has 1 aliphatic rings. The third-order valence-electron chi connectivity index (χ3n) is 5.39. The van der Waals surface area contributed by atoms with E-state index in [1.165, 1.54) is 0 Å². The molecule has 3 aromatic rings. The number of carbonyl (C=O) groups is 2. The van der Waals surface area contributed by atoms with Crippen LogP contribution in [0.1, 0.15) is 6.42 Å². The highest BCUT2D eigenvalue weighted by Gasteiger charge is 2.21. The van der Waals surface area contributed by atoms with E-state index in [4.69, 9.17) is 11.6 Å². The van der Waals surface area contributed by atoms with Gasteiger partial charge in [-0.25, -0.2) is 4.79 Å². The Kier molecular flexibility index (Phi) is 6.70. The first kappa shape index (κ1) is 21.2. The first-order valence-corrected chi connectivity index (χ1v) is 10.8. The molecule has 7 heteroatoms. The van der Waals surface area contributed by atoms with Crippen LogP contribution in [0.15, 0.2) is 66.7 Å². The number of rotatable bonds is 4. The van der Waals surface area contributed by atoms with E-state index < -0.39 is 0 Å². The number of hydrogen-bond donors (Lipinski definition) is 2. The Morgan fingerprint density at radius 2 is 1.61 bits per heavy atom. The molecule has 1 heterocycles. The van der Waals surface area contributed by atoms with E-state index in [1.54, 1.807) is 17.0 Å². The van der Waals surface area contributed by atoms with Crippen molar-refractivity contribution in [1.82, 2.24) is 9.80 Å². The van der Waals surface area contributed by atoms with Crippen LogP contribution in [0.4, 0.5) is 16.2 Å². The first-order chi connectivity index (χ1) is 15.1. The molecule has 0 saturated carbocycles. The molecule has 6 nitrogen and oxygen atoms in total. The standard InChI is InChI=1S/C24H25ClN4O2/c25-21-8-3-4-9-22(21)27-23(30)17-28-12-5-13-29(15-14-28)24(31)26-20-11-10-18-6-1-2-7-19(18)16-20/h1-4,6-11,16H,5,12-15,17H2,(H,26,31)(H,27,30). The molecular formula is C24H25ClN4O2. The van der Waals surface area contributed by atoms with Crippen LogP contribution in [-0.4, -0.2) is 54.5 Å². The highest BCUT2D eigenvalue weighted by molar-refractivity contribution is 6.33. The van der Waals surface area contributed by atoms with E-state index in [1.807, 2.05) is 54.6 Å². The van der Waals surface area contributed by atoms with Crippen LogP contribution < -0.4 is 10.6 Å². The van der Waals surface area contributed by atoms with Crippen molar-refractivity contribution < 1.29 is 9.59 Å². The second-order valence-electron chi connectivity index (χ2n) is 7.64. The van der Waals surface area contributed by atoms with E-state index in [-0.39, 0.29) is 18.5 Å². The number of nitrogens with one attached hydrogen (secondary N) is 2. The number of amides is 3. The summed E-state index contributed by atoms with van der Waals surface area (Å²) in [6.45, 7) is 2.89. The minimum absolute atomic E-state index is 0.109. The fourth-order valence-corrected chi connectivity index (χ4v) is 3.94. The van der Waals surface area contributed by atoms with Crippen molar-refractivity contribution in [2.24, 2.45) is 0 Å². The van der Waals surface area contributed by atoms with Crippen LogP contribution in [0.2, 0.25) is 5.02 Å². The molecule has 4 rings (SSSR count). The Bertz CT molecular complexity index is 1090. The van der Waals surface area contributed by atoms with Gasteiger partial charge in [-0.1, -0.05) is 54.1 Å². The summed E-state index contributed by atoms with van der Waals surface area (Å²) in [6, 6.07) is 21.0. The molecule has 0 radical (unpaired) electrons. The monoisotopic (exact) mass is 436 g/mol. The predicted octanol–water partition coefficient (Wildman–Crippen LogP) is 4.67. The van der Waals surface area contributed by atoms with Crippen molar-refractivity contribution in [2.45, 2.75) is 6.42 Å². The second kappa shape index (κ2) is 9.81. The summed E-state index contributed by atoms with van der Waals surface area (Å²) in [6.07, 6.45) is 0.810. The lowest BCUT2D eigenvalue weighted by atomic mass is 10.1. The fourth-order valence-electron chi connectivity index (χ4n) is 3.76. The molecule has 0 aliphatic carbocycles. The molecule has 160 valence electrons. The molecule has 3 amide bonds. The van der Waals surface area contributed by atoms with Gasteiger partial charge in [0.25, 0.3) is 0 Å². The Balaban J connectivity index is 1.30. The van der Waals surface area contributed by atoms with Crippen LogP contribution in [0.25, 0.3) is 10.8 Å². The maximum atomic E-state index is 12.8. The van der Waals surface area contributed by atoms with E-state index in [9.17, 15) is 9.59 Å². The van der Waals surface area contributed by atoms with Crippen molar-refractivity contribution in [3.63, 3.8) is 0 Å². The number of fused-ring (bicyclic) bond motifs is 1. The van der Waals surface area contributed by atoms with Gasteiger partial charge in [0.15, 0.2) is 0 Å². The third kappa shape index (κ3) is 5.54. The Morgan fingerprint density at radius 1 is 0.839 bits per heavy atom. The summed E-state index contributed by atoms with van der Waals surface area (Å²) in [4.78, 5) is 29.0. The Hall–Kier alpha value is -3.09. The average Bonchev–Trinajstić information content (AvgIpc) is 3.01. The second-order valence-corrected chi connectivity index (χ2v) is 8.04. The number of hydrogen-bond acceptors (Lipinski definition) is 3. The van der Waals surface area contributed by atoms with E-state index in [0.717, 1.165) is 29.4 Å². The lowest BCUT2D eigenvalue weighted by Crippen LogP contribution is -2.39. The summed E-state index contributed by atoms with van der Waals surface area (Å²) in [5, 5.41) is 8.60. The number of para-hydroxylation sites is 1. The number of halogens is 1. The van der Waals surface area contributed by atoms with E-state index in [2.05, 4.69) is 15.5 Å². The number of nitrogens with zero attached hydrogens (tertiary/aromatic N) is 2. The fraction of sp³-hybridized carbons (Fsp3) is 0.250. The van der Waals surface area contributed by atoms with E-state index >= 15 is 0 Å². The Morgan fingerprint density at radius 3 is 2.45 bits per heavy atom. The van der Waals surface area contributed by atoms with Crippen LogP contribution in [0.5, 0.6) is 0 Å². The summed E-state index contributed by atoms with van der Waals surface area (Å²) in [5.41, 5.74) is 1.39. The van der Waals surface area contributed by atoms with Gasteiger partial charge in [-0.05, 0) is 41.5 Å². The topological polar surface area (TPSA) is 64.7 Å². The smallest absolute Gasteiger partial charge is 0.321 e. The molecular weight excluding hydrogens is 412 g/mol. The van der Waals surface area contributed by atoms with Crippen molar-refractivity contribution in [1.29, 1.82) is 0 Å².